The molecule has 0 spiro atoms. The topological polar surface area (TPSA) is 9.23 Å². The quantitative estimate of drug-likeness (QED) is 0.422. The summed E-state index contributed by atoms with van der Waals surface area (Å²) in [7, 11) is -1.40. The van der Waals surface area contributed by atoms with Crippen molar-refractivity contribution in [3.8, 4) is 0 Å². The van der Waals surface area contributed by atoms with Gasteiger partial charge in [-0.3, -0.25) is 0 Å². The highest BCUT2D eigenvalue weighted by Crippen LogP contribution is 2.39. The fourth-order valence-corrected chi connectivity index (χ4v) is 8.60. The van der Waals surface area contributed by atoms with Crippen molar-refractivity contribution in [2.24, 2.45) is 5.41 Å². The van der Waals surface area contributed by atoms with Crippen molar-refractivity contribution in [1.29, 1.82) is 0 Å². The molecule has 0 radical (unpaired) electrons. The Bertz CT molecular complexity index is 653. The maximum absolute atomic E-state index is 6.42. The van der Waals surface area contributed by atoms with E-state index in [-0.39, 0.29) is 5.04 Å². The third kappa shape index (κ3) is 5.55. The SMILES string of the molecule is CC1(COCC(C)(C)[SiH](c2ccccc2)c2ccccc2)CCC(Br)CC1. The van der Waals surface area contributed by atoms with Crippen molar-refractivity contribution in [3.63, 3.8) is 0 Å². The van der Waals surface area contributed by atoms with Gasteiger partial charge in [-0.2, -0.15) is 0 Å². The molecule has 1 saturated carbocycles. The molecule has 1 fully saturated rings. The van der Waals surface area contributed by atoms with E-state index < -0.39 is 8.80 Å². The van der Waals surface area contributed by atoms with Crippen LogP contribution in [0.5, 0.6) is 0 Å². The third-order valence-corrected chi connectivity index (χ3v) is 10.8. The molecule has 1 aliphatic carbocycles. The van der Waals surface area contributed by atoms with E-state index >= 15 is 0 Å². The second-order valence-electron chi connectivity index (χ2n) is 9.22. The minimum atomic E-state index is -1.40. The van der Waals surface area contributed by atoms with E-state index in [0.717, 1.165) is 13.2 Å². The van der Waals surface area contributed by atoms with Crippen LogP contribution in [0.25, 0.3) is 0 Å². The van der Waals surface area contributed by atoms with Gasteiger partial charge in [0.15, 0.2) is 0 Å². The molecular formula is C24H33BrOSi. The van der Waals surface area contributed by atoms with Crippen LogP contribution < -0.4 is 10.4 Å². The molecule has 0 aromatic heterocycles. The smallest absolute Gasteiger partial charge is 0.110 e. The molecule has 3 heteroatoms. The molecule has 1 aliphatic rings. The monoisotopic (exact) mass is 444 g/mol. The van der Waals surface area contributed by atoms with E-state index in [0.29, 0.717) is 10.2 Å². The van der Waals surface area contributed by atoms with Crippen LogP contribution in [-0.2, 0) is 4.74 Å². The zero-order valence-corrected chi connectivity index (χ0v) is 19.7. The van der Waals surface area contributed by atoms with Crippen molar-refractivity contribution in [2.75, 3.05) is 13.2 Å². The first-order valence-electron chi connectivity index (χ1n) is 10.2. The molecule has 0 N–H and O–H groups in total. The van der Waals surface area contributed by atoms with Gasteiger partial charge in [-0.15, -0.1) is 0 Å². The summed E-state index contributed by atoms with van der Waals surface area (Å²) in [5.74, 6) is 0. The van der Waals surface area contributed by atoms with Gasteiger partial charge in [-0.05, 0) is 36.1 Å². The zero-order chi connectivity index (χ0) is 19.3. The van der Waals surface area contributed by atoms with Crippen LogP contribution in [0.4, 0.5) is 0 Å². The van der Waals surface area contributed by atoms with Crippen LogP contribution in [0.2, 0.25) is 5.04 Å². The minimum absolute atomic E-state index is 0.158. The van der Waals surface area contributed by atoms with Crippen molar-refractivity contribution < 1.29 is 4.74 Å². The van der Waals surface area contributed by atoms with Gasteiger partial charge in [-0.25, -0.2) is 0 Å². The summed E-state index contributed by atoms with van der Waals surface area (Å²) >= 11 is 3.78. The average molecular weight is 446 g/mol. The highest BCUT2D eigenvalue weighted by atomic mass is 79.9. The number of halogens is 1. The Morgan fingerprint density at radius 1 is 0.963 bits per heavy atom. The van der Waals surface area contributed by atoms with Crippen molar-refractivity contribution >= 4 is 35.1 Å². The number of hydrogen-bond acceptors (Lipinski definition) is 1. The predicted octanol–water partition coefficient (Wildman–Crippen LogP) is 5.17. The lowest BCUT2D eigenvalue weighted by atomic mass is 9.76. The molecule has 2 aromatic carbocycles. The summed E-state index contributed by atoms with van der Waals surface area (Å²) in [4.78, 5) is 0.704. The van der Waals surface area contributed by atoms with Gasteiger partial charge < -0.3 is 4.74 Å². The van der Waals surface area contributed by atoms with Gasteiger partial charge in [0.05, 0.1) is 6.61 Å². The van der Waals surface area contributed by atoms with Crippen LogP contribution in [0.3, 0.4) is 0 Å². The summed E-state index contributed by atoms with van der Waals surface area (Å²) in [5, 5.41) is 3.16. The Kier molecular flexibility index (Phi) is 6.99. The van der Waals surface area contributed by atoms with E-state index in [4.69, 9.17) is 4.74 Å². The summed E-state index contributed by atoms with van der Waals surface area (Å²) in [6.45, 7) is 8.94. The van der Waals surface area contributed by atoms with E-state index in [9.17, 15) is 0 Å². The van der Waals surface area contributed by atoms with Crippen LogP contribution >= 0.6 is 15.9 Å². The number of benzene rings is 2. The molecule has 0 heterocycles. The van der Waals surface area contributed by atoms with Gasteiger partial charge in [0.2, 0.25) is 0 Å². The Labute approximate surface area is 175 Å². The van der Waals surface area contributed by atoms with Gasteiger partial charge in [0.25, 0.3) is 0 Å². The Balaban J connectivity index is 1.71. The second-order valence-corrected chi connectivity index (χ2v) is 14.3. The molecule has 0 amide bonds. The number of ether oxygens (including phenoxy) is 1. The van der Waals surface area contributed by atoms with E-state index in [1.165, 1.54) is 36.1 Å². The molecule has 146 valence electrons. The normalized spacial score (nSPS) is 23.5. The minimum Gasteiger partial charge on any atom is -0.381 e. The first kappa shape index (κ1) is 20.8. The van der Waals surface area contributed by atoms with Crippen molar-refractivity contribution in [1.82, 2.24) is 0 Å². The average Bonchev–Trinajstić information content (AvgIpc) is 2.66. The summed E-state index contributed by atoms with van der Waals surface area (Å²) in [5.41, 5.74) is 0.344. The Morgan fingerprint density at radius 2 is 1.44 bits per heavy atom. The Hall–Kier alpha value is -0.903. The highest BCUT2D eigenvalue weighted by Gasteiger charge is 2.36. The van der Waals surface area contributed by atoms with Crippen molar-refractivity contribution in [2.45, 2.75) is 56.3 Å². The molecule has 0 saturated heterocycles. The molecule has 1 nitrogen and oxygen atoms in total. The van der Waals surface area contributed by atoms with E-state index in [1.54, 1.807) is 0 Å². The lowest BCUT2D eigenvalue weighted by Crippen LogP contribution is -2.51. The Morgan fingerprint density at radius 3 is 1.93 bits per heavy atom. The lowest BCUT2D eigenvalue weighted by Gasteiger charge is -2.38. The van der Waals surface area contributed by atoms with Gasteiger partial charge in [0.1, 0.15) is 8.80 Å². The van der Waals surface area contributed by atoms with Crippen LogP contribution in [0.1, 0.15) is 46.5 Å². The summed E-state index contributed by atoms with van der Waals surface area (Å²) in [6.07, 6.45) is 5.08. The zero-order valence-electron chi connectivity index (χ0n) is 17.0. The van der Waals surface area contributed by atoms with Crippen molar-refractivity contribution in [3.05, 3.63) is 60.7 Å². The summed E-state index contributed by atoms with van der Waals surface area (Å²) in [6, 6.07) is 22.2. The maximum atomic E-state index is 6.42. The number of rotatable bonds is 7. The molecule has 27 heavy (non-hydrogen) atoms. The molecule has 0 unspecified atom stereocenters. The molecule has 0 atom stereocenters. The number of hydrogen-bond donors (Lipinski definition) is 0. The van der Waals surface area contributed by atoms with Gasteiger partial charge in [0, 0.05) is 11.4 Å². The highest BCUT2D eigenvalue weighted by molar-refractivity contribution is 9.09. The maximum Gasteiger partial charge on any atom is 0.110 e. The summed E-state index contributed by atoms with van der Waals surface area (Å²) < 4.78 is 6.42. The first-order valence-corrected chi connectivity index (χ1v) is 12.9. The fourth-order valence-electron chi connectivity index (χ4n) is 4.45. The number of alkyl halides is 1. The largest absolute Gasteiger partial charge is 0.381 e. The van der Waals surface area contributed by atoms with Crippen LogP contribution in [0.15, 0.2) is 60.7 Å². The van der Waals surface area contributed by atoms with Gasteiger partial charge >= 0.3 is 0 Å². The standard InChI is InChI=1S/C24H33BrOSi/c1-23(2,18-26-19-24(3)16-14-20(25)15-17-24)27(21-10-6-4-7-11-21)22-12-8-5-9-13-22/h4-13,20,27H,14-19H2,1-3H3. The molecule has 3 rings (SSSR count). The van der Waals surface area contributed by atoms with Crippen LogP contribution in [0, 0.1) is 5.41 Å². The molecular weight excluding hydrogens is 412 g/mol. The third-order valence-electron chi connectivity index (χ3n) is 6.09. The van der Waals surface area contributed by atoms with E-state index in [1.807, 2.05) is 0 Å². The lowest BCUT2D eigenvalue weighted by molar-refractivity contribution is 0.0228. The molecule has 2 aromatic rings. The molecule has 0 aliphatic heterocycles. The predicted molar refractivity (Wildman–Crippen MR) is 123 cm³/mol. The van der Waals surface area contributed by atoms with Crippen LogP contribution in [-0.4, -0.2) is 26.8 Å². The molecule has 0 bridgehead atoms. The second kappa shape index (κ2) is 9.06. The first-order chi connectivity index (χ1) is 12.9. The van der Waals surface area contributed by atoms with Gasteiger partial charge in [-0.1, -0.05) is 108 Å². The fraction of sp³-hybridized carbons (Fsp3) is 0.500. The van der Waals surface area contributed by atoms with E-state index in [2.05, 4.69) is 97.4 Å².